The molecule has 6 heteroatoms. The van der Waals surface area contributed by atoms with Crippen LogP contribution in [0.4, 0.5) is 0 Å². The van der Waals surface area contributed by atoms with Crippen molar-refractivity contribution in [3.63, 3.8) is 0 Å². The number of likely N-dealkylation sites (N-methyl/N-ethyl adjacent to an activating group) is 1. The molecule has 0 radical (unpaired) electrons. The quantitative estimate of drug-likeness (QED) is 0.0841. The summed E-state index contributed by atoms with van der Waals surface area (Å²) in [6.45, 7) is 52.6. The third kappa shape index (κ3) is 57.6. The first-order valence-electron chi connectivity index (χ1n) is 28.0. The smallest absolute Gasteiger partial charge is 0.133 e. The molecule has 2 atom stereocenters. The van der Waals surface area contributed by atoms with Gasteiger partial charge in [-0.1, -0.05) is 220 Å². The van der Waals surface area contributed by atoms with Crippen molar-refractivity contribution in [1.82, 2.24) is 10.2 Å². The number of hydrogen-bond acceptors (Lipinski definition) is 4. The number of nitrogens with one attached hydrogen (secondary N) is 1. The van der Waals surface area contributed by atoms with E-state index in [0.29, 0.717) is 0 Å². The Bertz CT molecular complexity index is 2810. The number of nitrogens with zero attached hydrogens (tertiary/aromatic N) is 1. The van der Waals surface area contributed by atoms with Gasteiger partial charge in [0.05, 0.1) is 0 Å². The van der Waals surface area contributed by atoms with Crippen molar-refractivity contribution in [2.45, 2.75) is 150 Å². The van der Waals surface area contributed by atoms with E-state index < -0.39 is 12.2 Å². The fraction of sp³-hybridized carbons (Fsp3) is 0.429. The minimum Gasteiger partial charge on any atom is -0.377 e. The molecule has 0 aliphatic rings. The average molecular weight is 1250 g/mol. The molecule has 0 saturated carbocycles. The molecule has 4 aromatic carbocycles. The molecule has 83 heavy (non-hydrogen) atoms. The van der Waals surface area contributed by atoms with Gasteiger partial charge in [-0.3, -0.25) is 4.90 Å². The Kier molecular flexibility index (Phi) is 46.6. The number of halogens is 2. The Hall–Kier alpha value is -6.00. The first kappa shape index (κ1) is 83.5. The molecule has 4 rings (SSSR count). The van der Waals surface area contributed by atoms with Crippen molar-refractivity contribution < 1.29 is 10.2 Å². The monoisotopic (exact) mass is 1250 g/mol. The van der Waals surface area contributed by atoms with Crippen LogP contribution in [-0.4, -0.2) is 58.6 Å². The molecule has 3 N–H and O–H groups in total. The third-order valence-corrected chi connectivity index (χ3v) is 9.92. The molecular weight excluding hydrogens is 1140 g/mol. The van der Waals surface area contributed by atoms with Crippen molar-refractivity contribution in [1.29, 1.82) is 0 Å². The van der Waals surface area contributed by atoms with E-state index in [1.54, 1.807) is 0 Å². The van der Waals surface area contributed by atoms with Crippen LogP contribution in [0.3, 0.4) is 0 Å². The SMILES string of the molecule is C#CC(C)(C)C.C=C.C=CC(O)C#CC(C)(C)C.C=CC(O)C#CC(C)(C)C.CC(C)(C)C#C/C=C/CBr.CC(C)(C)C#C/C=C/CBr.CN(C/C=C/C#CC(C)(C)C)Cc1cccc2ccccc12.CNCc1cccc2ccccc12. The maximum absolute atomic E-state index is 8.93. The van der Waals surface area contributed by atoms with Crippen molar-refractivity contribution in [3.8, 4) is 71.5 Å². The van der Waals surface area contributed by atoms with Gasteiger partial charge in [-0.05, 0) is 190 Å². The summed E-state index contributed by atoms with van der Waals surface area (Å²) < 4.78 is 0. The predicted octanol–water partition coefficient (Wildman–Crippen LogP) is 19.0. The van der Waals surface area contributed by atoms with Crippen LogP contribution in [0, 0.1) is 104 Å². The topological polar surface area (TPSA) is 55.7 Å². The Morgan fingerprint density at radius 3 is 1.13 bits per heavy atom. The summed E-state index contributed by atoms with van der Waals surface area (Å²) in [4.78, 5) is 2.30. The van der Waals surface area contributed by atoms with Gasteiger partial charge in [0.25, 0.3) is 0 Å². The van der Waals surface area contributed by atoms with Crippen molar-refractivity contribution in [3.05, 3.63) is 171 Å². The molecule has 4 nitrogen and oxygen atoms in total. The van der Waals surface area contributed by atoms with E-state index in [2.05, 4.69) is 294 Å². The van der Waals surface area contributed by atoms with Gasteiger partial charge in [-0.15, -0.1) is 25.5 Å². The van der Waals surface area contributed by atoms with Gasteiger partial charge in [0, 0.05) is 62.8 Å². The highest BCUT2D eigenvalue weighted by atomic mass is 79.9. The van der Waals surface area contributed by atoms with E-state index >= 15 is 0 Å². The Labute approximate surface area is 526 Å². The molecule has 0 aromatic heterocycles. The maximum Gasteiger partial charge on any atom is 0.133 e. The van der Waals surface area contributed by atoms with Crippen LogP contribution in [0.25, 0.3) is 21.5 Å². The van der Waals surface area contributed by atoms with Gasteiger partial charge in [0.2, 0.25) is 0 Å². The second-order valence-electron chi connectivity index (χ2n) is 24.9. The molecule has 450 valence electrons. The zero-order valence-corrected chi connectivity index (χ0v) is 58.1. The van der Waals surface area contributed by atoms with Crippen LogP contribution in [0.5, 0.6) is 0 Å². The highest BCUT2D eigenvalue weighted by Gasteiger charge is 2.07. The van der Waals surface area contributed by atoms with Crippen LogP contribution in [-0.2, 0) is 13.1 Å². The highest BCUT2D eigenvalue weighted by Crippen LogP contribution is 2.21. The van der Waals surface area contributed by atoms with Crippen LogP contribution in [0.15, 0.2) is 160 Å². The summed E-state index contributed by atoms with van der Waals surface area (Å²) in [5.74, 6) is 32.2. The number of terminal acetylenes is 1. The standard InChI is InChI=1S/C21H25N.C12H13N.2C9H13Br.2C9H14O.C6H10.C2H4/c1-21(2,3)15-8-5-9-16-22(4)17-19-13-10-12-18-11-6-7-14-20(18)19;1-13-9-11-7-4-6-10-5-2-3-8-12(10)11;2*1-9(2,3)7-5-4-6-8-10;2*1-5-8(10)6-7-9(2,3)4;1-5-6(2,3)4;1-2/h5-7,9-14H,16-17H2,1-4H3;2-8,13H,9H2,1H3;2*4,6H,8H2,1-3H3;2*5,8,10H,1H2,2-4H3;1H,2-4H3;1-2H2/b9-5+;;2*6-4+;;;;. The second kappa shape index (κ2) is 46.4. The molecule has 0 spiro atoms. The molecule has 0 aliphatic carbocycles. The lowest BCUT2D eigenvalue weighted by molar-refractivity contribution is 0.280. The zero-order valence-electron chi connectivity index (χ0n) is 54.9. The average Bonchev–Trinajstić information content (AvgIpc) is 3.40. The first-order valence-corrected chi connectivity index (χ1v) is 30.3. The summed E-state index contributed by atoms with van der Waals surface area (Å²) >= 11 is 6.55. The normalized spacial score (nSPS) is 11.5. The molecule has 2 unspecified atom stereocenters. The number of allylic oxidation sites excluding steroid dienone is 5. The van der Waals surface area contributed by atoms with Gasteiger partial charge >= 0.3 is 0 Å². The fourth-order valence-electron chi connectivity index (χ4n) is 5.39. The van der Waals surface area contributed by atoms with Gasteiger partial charge in [-0.25, -0.2) is 0 Å². The summed E-state index contributed by atoms with van der Waals surface area (Å²) in [6.07, 6.45) is 18.3. The lowest BCUT2D eigenvalue weighted by Gasteiger charge is -2.15. The maximum atomic E-state index is 8.93. The fourth-order valence-corrected chi connectivity index (χ4v) is 5.77. The van der Waals surface area contributed by atoms with Gasteiger partial charge in [-0.2, -0.15) is 0 Å². The number of aliphatic hydroxyl groups is 2. The van der Waals surface area contributed by atoms with E-state index in [1.807, 2.05) is 99.7 Å². The molecular formula is C77H106Br2N2O2. The van der Waals surface area contributed by atoms with Crippen LogP contribution >= 0.6 is 31.9 Å². The third-order valence-electron chi connectivity index (χ3n) is 9.18. The lowest BCUT2D eigenvalue weighted by Crippen LogP contribution is -2.17. The van der Waals surface area contributed by atoms with Gasteiger partial charge < -0.3 is 15.5 Å². The number of alkyl halides is 2. The van der Waals surface area contributed by atoms with E-state index in [4.69, 9.17) is 16.6 Å². The summed E-state index contributed by atoms with van der Waals surface area (Å²) in [7, 11) is 4.12. The second-order valence-corrected chi connectivity index (χ2v) is 26.2. The minimum absolute atomic E-state index is 0.0377. The molecule has 0 saturated heterocycles. The lowest BCUT2D eigenvalue weighted by atomic mass is 9.98. The van der Waals surface area contributed by atoms with Crippen molar-refractivity contribution >= 4 is 53.4 Å². The summed E-state index contributed by atoms with van der Waals surface area (Å²) in [5, 5.41) is 28.1. The number of aliphatic hydroxyl groups excluding tert-OH is 2. The largest absolute Gasteiger partial charge is 0.377 e. The van der Waals surface area contributed by atoms with Crippen LogP contribution < -0.4 is 5.32 Å². The Morgan fingerprint density at radius 1 is 0.506 bits per heavy atom. The zero-order chi connectivity index (χ0) is 64.8. The van der Waals surface area contributed by atoms with Crippen LogP contribution in [0.1, 0.15) is 136 Å². The van der Waals surface area contributed by atoms with E-state index in [-0.39, 0.29) is 32.5 Å². The van der Waals surface area contributed by atoms with E-state index in [9.17, 15) is 0 Å². The first-order chi connectivity index (χ1) is 38.5. The molecule has 4 aromatic rings. The Morgan fingerprint density at radius 2 is 0.819 bits per heavy atom. The molecule has 0 heterocycles. The van der Waals surface area contributed by atoms with Gasteiger partial charge in [0.1, 0.15) is 12.2 Å². The number of benzene rings is 4. The van der Waals surface area contributed by atoms with Gasteiger partial charge in [0.15, 0.2) is 0 Å². The predicted molar refractivity (Wildman–Crippen MR) is 380 cm³/mol. The Balaban J connectivity index is -0.000000453. The summed E-state index contributed by atoms with van der Waals surface area (Å²) in [6, 6.07) is 30.0. The molecule has 0 bridgehead atoms. The van der Waals surface area contributed by atoms with E-state index in [0.717, 1.165) is 30.3 Å². The number of rotatable bonds is 10. The van der Waals surface area contributed by atoms with Crippen LogP contribution in [0.2, 0.25) is 0 Å². The number of hydrogen-bond donors (Lipinski definition) is 3. The number of fused-ring (bicyclic) bond motifs is 2. The molecule has 0 fully saturated rings. The molecule has 0 amide bonds. The minimum atomic E-state index is -0.681. The van der Waals surface area contributed by atoms with E-state index in [1.165, 1.54) is 44.8 Å². The summed E-state index contributed by atoms with van der Waals surface area (Å²) in [5.41, 5.74) is 3.04. The molecule has 0 aliphatic heterocycles. The highest BCUT2D eigenvalue weighted by molar-refractivity contribution is 9.09. The van der Waals surface area contributed by atoms with Crippen molar-refractivity contribution in [2.75, 3.05) is 31.3 Å². The van der Waals surface area contributed by atoms with Crippen molar-refractivity contribution in [2.24, 2.45) is 32.5 Å².